The molecule has 2 unspecified atom stereocenters. The zero-order chi connectivity index (χ0) is 22.5. The minimum Gasteiger partial charge on any atom is -0.448 e. The molecule has 2 amide bonds. The third kappa shape index (κ3) is 3.64. The monoisotopic (exact) mass is 432 g/mol. The summed E-state index contributed by atoms with van der Waals surface area (Å²) >= 11 is 0. The first-order valence-corrected chi connectivity index (χ1v) is 11.1. The lowest BCUT2D eigenvalue weighted by molar-refractivity contribution is -0.00192. The molecule has 3 aliphatic rings. The lowest BCUT2D eigenvalue weighted by Gasteiger charge is -2.40. The Kier molecular flexibility index (Phi) is 4.96. The Hall–Kier alpha value is -3.28. The number of hydrogen-bond acceptors (Lipinski definition) is 4. The molecule has 2 atom stereocenters. The van der Waals surface area contributed by atoms with E-state index < -0.39 is 5.60 Å². The summed E-state index contributed by atoms with van der Waals surface area (Å²) in [5.74, 6) is 0.0317. The van der Waals surface area contributed by atoms with Gasteiger partial charge < -0.3 is 14.4 Å². The van der Waals surface area contributed by atoms with Gasteiger partial charge in [0, 0.05) is 19.0 Å². The molecule has 6 nitrogen and oxygen atoms in total. The van der Waals surface area contributed by atoms with E-state index in [9.17, 15) is 9.59 Å². The van der Waals surface area contributed by atoms with Crippen LogP contribution in [-0.2, 0) is 9.47 Å². The van der Waals surface area contributed by atoms with Crippen LogP contribution in [0.15, 0.2) is 60.7 Å². The molecule has 2 aromatic rings. The Morgan fingerprint density at radius 2 is 1.41 bits per heavy atom. The van der Waals surface area contributed by atoms with Crippen LogP contribution in [0.4, 0.5) is 9.59 Å². The van der Waals surface area contributed by atoms with Gasteiger partial charge in [0.2, 0.25) is 0 Å². The normalized spacial score (nSPS) is 21.3. The molecule has 2 aliphatic heterocycles. The molecule has 5 rings (SSSR count). The van der Waals surface area contributed by atoms with Crippen LogP contribution in [0.3, 0.4) is 0 Å². The zero-order valence-electron chi connectivity index (χ0n) is 18.7. The summed E-state index contributed by atoms with van der Waals surface area (Å²) in [6.45, 7) is 6.67. The fraction of sp³-hybridized carbons (Fsp3) is 0.385. The number of nitrogens with zero attached hydrogens (tertiary/aromatic N) is 2. The van der Waals surface area contributed by atoms with Gasteiger partial charge in [-0.15, -0.1) is 0 Å². The maximum atomic E-state index is 12.9. The van der Waals surface area contributed by atoms with E-state index in [-0.39, 0.29) is 30.2 Å². The molecule has 1 aliphatic carbocycles. The summed E-state index contributed by atoms with van der Waals surface area (Å²) in [6, 6.07) is 16.2. The van der Waals surface area contributed by atoms with E-state index in [0.29, 0.717) is 19.7 Å². The van der Waals surface area contributed by atoms with E-state index in [1.165, 1.54) is 22.3 Å². The zero-order valence-corrected chi connectivity index (χ0v) is 18.7. The summed E-state index contributed by atoms with van der Waals surface area (Å²) in [5.41, 5.74) is 4.24. The van der Waals surface area contributed by atoms with Crippen LogP contribution >= 0.6 is 0 Å². The summed E-state index contributed by atoms with van der Waals surface area (Å²) in [6.07, 6.45) is 3.27. The number of carbonyl (C=O) groups excluding carboxylic acids is 2. The molecule has 6 heteroatoms. The molecule has 1 saturated heterocycles. The summed E-state index contributed by atoms with van der Waals surface area (Å²) in [5, 5.41) is 0. The van der Waals surface area contributed by atoms with Crippen LogP contribution < -0.4 is 0 Å². The number of hydrogen-bond donors (Lipinski definition) is 0. The van der Waals surface area contributed by atoms with Gasteiger partial charge >= 0.3 is 12.2 Å². The van der Waals surface area contributed by atoms with Crippen LogP contribution in [0, 0.1) is 0 Å². The number of carbonyl (C=O) groups is 2. The maximum Gasteiger partial charge on any atom is 0.411 e. The Labute approximate surface area is 188 Å². The quantitative estimate of drug-likeness (QED) is 0.640. The predicted octanol–water partition coefficient (Wildman–Crippen LogP) is 4.80. The Bertz CT molecular complexity index is 1030. The first-order valence-electron chi connectivity index (χ1n) is 11.1. The fourth-order valence-electron chi connectivity index (χ4n) is 4.93. The number of rotatable bonds is 2. The SMILES string of the molecule is CC(C)(C)OC(=O)N1C2C=CC1CN(C(=O)OCC1c3ccccc3-c3ccccc31)C2. The molecular formula is C26H28N2O4. The lowest BCUT2D eigenvalue weighted by Crippen LogP contribution is -2.58. The highest BCUT2D eigenvalue weighted by Gasteiger charge is 2.43. The first kappa shape index (κ1) is 20.6. The van der Waals surface area contributed by atoms with Gasteiger partial charge in [0.15, 0.2) is 0 Å². The van der Waals surface area contributed by atoms with Crippen molar-refractivity contribution in [3.63, 3.8) is 0 Å². The van der Waals surface area contributed by atoms with Gasteiger partial charge in [-0.3, -0.25) is 4.90 Å². The van der Waals surface area contributed by atoms with Gasteiger partial charge in [0.25, 0.3) is 0 Å². The van der Waals surface area contributed by atoms with Gasteiger partial charge in [-0.05, 0) is 43.0 Å². The Morgan fingerprint density at radius 1 is 0.875 bits per heavy atom. The van der Waals surface area contributed by atoms with Crippen LogP contribution in [0.2, 0.25) is 0 Å². The molecule has 0 N–H and O–H groups in total. The molecule has 0 radical (unpaired) electrons. The number of ether oxygens (including phenoxy) is 2. The number of benzene rings is 2. The highest BCUT2D eigenvalue weighted by molar-refractivity contribution is 5.79. The van der Waals surface area contributed by atoms with Crippen LogP contribution in [0.5, 0.6) is 0 Å². The number of fused-ring (bicyclic) bond motifs is 5. The van der Waals surface area contributed by atoms with Gasteiger partial charge in [-0.2, -0.15) is 0 Å². The smallest absolute Gasteiger partial charge is 0.411 e. The maximum absolute atomic E-state index is 12.9. The van der Waals surface area contributed by atoms with Gasteiger partial charge in [-0.1, -0.05) is 60.7 Å². The van der Waals surface area contributed by atoms with Crippen molar-refractivity contribution in [1.29, 1.82) is 0 Å². The van der Waals surface area contributed by atoms with Gasteiger partial charge in [-0.25, -0.2) is 9.59 Å². The van der Waals surface area contributed by atoms with Crippen molar-refractivity contribution < 1.29 is 19.1 Å². The highest BCUT2D eigenvalue weighted by atomic mass is 16.6. The van der Waals surface area contributed by atoms with Gasteiger partial charge in [0.05, 0.1) is 12.1 Å². The molecule has 2 heterocycles. The lowest BCUT2D eigenvalue weighted by atomic mass is 9.98. The summed E-state index contributed by atoms with van der Waals surface area (Å²) in [4.78, 5) is 29.0. The van der Waals surface area contributed by atoms with E-state index in [1.54, 1.807) is 9.80 Å². The largest absolute Gasteiger partial charge is 0.448 e. The molecule has 166 valence electrons. The van der Waals surface area contributed by atoms with Crippen molar-refractivity contribution in [1.82, 2.24) is 9.80 Å². The second kappa shape index (κ2) is 7.69. The Morgan fingerprint density at radius 3 is 1.94 bits per heavy atom. The molecule has 1 fully saturated rings. The average Bonchev–Trinajstić information content (AvgIpc) is 3.22. The number of amides is 2. The van der Waals surface area contributed by atoms with E-state index in [2.05, 4.69) is 24.3 Å². The first-order chi connectivity index (χ1) is 15.3. The van der Waals surface area contributed by atoms with E-state index >= 15 is 0 Å². The van der Waals surface area contributed by atoms with Crippen LogP contribution in [0.1, 0.15) is 37.8 Å². The molecule has 0 saturated carbocycles. The van der Waals surface area contributed by atoms with Crippen molar-refractivity contribution in [2.75, 3.05) is 19.7 Å². The van der Waals surface area contributed by atoms with Crippen molar-refractivity contribution >= 4 is 12.2 Å². The van der Waals surface area contributed by atoms with Crippen LogP contribution in [0.25, 0.3) is 11.1 Å². The average molecular weight is 433 g/mol. The predicted molar refractivity (Wildman–Crippen MR) is 121 cm³/mol. The second-order valence-corrected chi connectivity index (χ2v) is 9.62. The summed E-state index contributed by atoms with van der Waals surface area (Å²) in [7, 11) is 0. The molecule has 0 spiro atoms. The van der Waals surface area contributed by atoms with Crippen molar-refractivity contribution in [2.24, 2.45) is 0 Å². The molecule has 0 aromatic heterocycles. The molecule has 2 aromatic carbocycles. The van der Waals surface area contributed by atoms with E-state index in [1.807, 2.05) is 57.2 Å². The summed E-state index contributed by atoms with van der Waals surface area (Å²) < 4.78 is 11.4. The van der Waals surface area contributed by atoms with Crippen LogP contribution in [-0.4, -0.2) is 59.4 Å². The minimum atomic E-state index is -0.555. The molecule has 32 heavy (non-hydrogen) atoms. The van der Waals surface area contributed by atoms with Crippen molar-refractivity contribution in [2.45, 2.75) is 44.4 Å². The molecule has 2 bridgehead atoms. The molecular weight excluding hydrogens is 404 g/mol. The minimum absolute atomic E-state index is 0.0317. The topological polar surface area (TPSA) is 59.1 Å². The van der Waals surface area contributed by atoms with E-state index in [0.717, 1.165) is 0 Å². The standard InChI is InChI=1S/C26H28N2O4/c1-26(2,3)32-25(30)28-17-12-13-18(28)15-27(14-17)24(29)31-16-23-21-10-6-4-8-19(21)20-9-5-7-11-22(20)23/h4-13,17-18,23H,14-16H2,1-3H3. The second-order valence-electron chi connectivity index (χ2n) is 9.62. The van der Waals surface area contributed by atoms with Crippen molar-refractivity contribution in [3.05, 3.63) is 71.8 Å². The van der Waals surface area contributed by atoms with Gasteiger partial charge in [0.1, 0.15) is 12.2 Å². The highest BCUT2D eigenvalue weighted by Crippen LogP contribution is 2.44. The van der Waals surface area contributed by atoms with Crippen molar-refractivity contribution in [3.8, 4) is 11.1 Å². The fourth-order valence-corrected chi connectivity index (χ4v) is 4.93. The van der Waals surface area contributed by atoms with E-state index in [4.69, 9.17) is 9.47 Å². The third-order valence-corrected chi connectivity index (χ3v) is 6.28. The Balaban J connectivity index is 1.25. The third-order valence-electron chi connectivity index (χ3n) is 6.28. The number of piperazine rings is 1.